The number of fused-ring (bicyclic) bond motifs is 1. The van der Waals surface area contributed by atoms with Crippen LogP contribution < -0.4 is 15.7 Å². The first-order chi connectivity index (χ1) is 25.5. The molecule has 2 atom stereocenters. The van der Waals surface area contributed by atoms with Crippen LogP contribution in [0.2, 0.25) is 0 Å². The first kappa shape index (κ1) is 38.2. The Morgan fingerprint density at radius 3 is 2.35 bits per heavy atom. The lowest BCUT2D eigenvalue weighted by molar-refractivity contribution is -0.210. The highest BCUT2D eigenvalue weighted by Gasteiger charge is 2.39. The third-order valence-electron chi connectivity index (χ3n) is 8.68. The predicted molar refractivity (Wildman–Crippen MR) is 185 cm³/mol. The van der Waals surface area contributed by atoms with Crippen LogP contribution in [-0.2, 0) is 25.8 Å². The summed E-state index contributed by atoms with van der Waals surface area (Å²) in [6.07, 6.45) is -9.28. The summed E-state index contributed by atoms with van der Waals surface area (Å²) in [5, 5.41) is 12.1. The van der Waals surface area contributed by atoms with Crippen LogP contribution in [0.15, 0.2) is 94.5 Å². The number of aliphatic hydroxyl groups is 1. The Balaban J connectivity index is 1.37. The standard InChI is InChI=1S/C36H29BrF6N6O5/c1-20-17-48-28(18-47(20)33(52)21-7-12-27(37)26(15-21)35(38,39)40)30(32(51)46-16-22-5-2-3-6-25(22)31-44-13-4-14-45-31)49(34(48)53)23-8-10-24(11-9-23)54-19-29(50)36(41,42)43/h2-15,20,29,50H,16-19H2,1H3,(H,46,51)/t20-,29+/m0/s1. The molecule has 2 N–H and O–H groups in total. The molecule has 0 saturated carbocycles. The summed E-state index contributed by atoms with van der Waals surface area (Å²) in [4.78, 5) is 51.9. The zero-order chi connectivity index (χ0) is 38.9. The summed E-state index contributed by atoms with van der Waals surface area (Å²) < 4.78 is 86.7. The maximum atomic E-state index is 14.2. The molecule has 18 heteroatoms. The molecule has 0 radical (unpaired) electrons. The topological polar surface area (TPSA) is 132 Å². The molecular formula is C36H29BrF6N6O5. The number of amides is 2. The van der Waals surface area contributed by atoms with E-state index in [0.717, 1.165) is 16.7 Å². The van der Waals surface area contributed by atoms with Gasteiger partial charge in [0.2, 0.25) is 0 Å². The molecule has 11 nitrogen and oxygen atoms in total. The van der Waals surface area contributed by atoms with Crippen LogP contribution in [-0.4, -0.2) is 65.9 Å². The Labute approximate surface area is 311 Å². The lowest BCUT2D eigenvalue weighted by Gasteiger charge is -2.34. The van der Waals surface area contributed by atoms with Gasteiger partial charge in [0, 0.05) is 47.1 Å². The summed E-state index contributed by atoms with van der Waals surface area (Å²) in [7, 11) is 0. The number of nitrogens with zero attached hydrogens (tertiary/aromatic N) is 5. The average Bonchev–Trinajstić information content (AvgIpc) is 3.42. The van der Waals surface area contributed by atoms with Gasteiger partial charge in [0.25, 0.3) is 11.8 Å². The van der Waals surface area contributed by atoms with E-state index >= 15 is 0 Å². The van der Waals surface area contributed by atoms with Crippen molar-refractivity contribution in [3.8, 4) is 22.8 Å². The van der Waals surface area contributed by atoms with Crippen molar-refractivity contribution in [2.45, 2.75) is 51.1 Å². The largest absolute Gasteiger partial charge is 0.491 e. The van der Waals surface area contributed by atoms with Crippen molar-refractivity contribution in [3.05, 3.63) is 128 Å². The maximum Gasteiger partial charge on any atom is 0.417 e. The molecule has 0 saturated heterocycles. The molecule has 3 aromatic carbocycles. The van der Waals surface area contributed by atoms with Gasteiger partial charge in [-0.15, -0.1) is 0 Å². The minimum Gasteiger partial charge on any atom is -0.491 e. The molecular weight excluding hydrogens is 790 g/mol. The van der Waals surface area contributed by atoms with Gasteiger partial charge in [-0.2, -0.15) is 26.3 Å². The molecule has 0 bridgehead atoms. The van der Waals surface area contributed by atoms with Gasteiger partial charge in [0.15, 0.2) is 11.9 Å². The number of alkyl halides is 6. The van der Waals surface area contributed by atoms with Crippen LogP contribution in [0, 0.1) is 0 Å². The number of hydrogen-bond acceptors (Lipinski definition) is 7. The lowest BCUT2D eigenvalue weighted by atomic mass is 10.1. The van der Waals surface area contributed by atoms with E-state index in [2.05, 4.69) is 31.2 Å². The molecule has 5 aromatic rings. The van der Waals surface area contributed by atoms with Crippen molar-refractivity contribution in [2.75, 3.05) is 6.61 Å². The Morgan fingerprint density at radius 1 is 1.00 bits per heavy atom. The van der Waals surface area contributed by atoms with Crippen molar-refractivity contribution in [1.29, 1.82) is 0 Å². The first-order valence-electron chi connectivity index (χ1n) is 16.2. The van der Waals surface area contributed by atoms with Gasteiger partial charge in [-0.1, -0.05) is 40.2 Å². The van der Waals surface area contributed by atoms with E-state index in [1.165, 1.54) is 39.8 Å². The molecule has 282 valence electrons. The molecule has 0 unspecified atom stereocenters. The Hall–Kier alpha value is -5.49. The molecule has 1 aliphatic rings. The highest BCUT2D eigenvalue weighted by Crippen LogP contribution is 2.36. The van der Waals surface area contributed by atoms with E-state index in [-0.39, 0.29) is 52.5 Å². The van der Waals surface area contributed by atoms with E-state index in [1.807, 2.05) is 0 Å². The summed E-state index contributed by atoms with van der Waals surface area (Å²) in [6.45, 7) is 0.00149. The number of ether oxygens (including phenoxy) is 1. The molecule has 0 spiro atoms. The van der Waals surface area contributed by atoms with Crippen LogP contribution >= 0.6 is 15.9 Å². The van der Waals surface area contributed by atoms with Crippen molar-refractivity contribution in [1.82, 2.24) is 29.3 Å². The van der Waals surface area contributed by atoms with Crippen molar-refractivity contribution in [2.24, 2.45) is 0 Å². The second-order valence-corrected chi connectivity index (χ2v) is 13.1. The van der Waals surface area contributed by atoms with Crippen LogP contribution in [0.1, 0.15) is 44.6 Å². The molecule has 0 aliphatic carbocycles. The molecule has 1 aliphatic heterocycles. The van der Waals surface area contributed by atoms with Gasteiger partial charge in [-0.3, -0.25) is 18.7 Å². The molecule has 6 rings (SSSR count). The number of aliphatic hydroxyl groups excluding tert-OH is 1. The average molecular weight is 820 g/mol. The number of benzene rings is 3. The Morgan fingerprint density at radius 2 is 1.69 bits per heavy atom. The minimum absolute atomic E-state index is 0.0570. The van der Waals surface area contributed by atoms with Gasteiger partial charge in [-0.05, 0) is 61.0 Å². The number of carbonyl (C=O) groups excluding carboxylic acids is 2. The fourth-order valence-electron chi connectivity index (χ4n) is 5.95. The Bertz CT molecular complexity index is 2240. The third kappa shape index (κ3) is 7.89. The molecule has 0 fully saturated rings. The van der Waals surface area contributed by atoms with Crippen LogP contribution in [0.3, 0.4) is 0 Å². The second kappa shape index (κ2) is 15.1. The van der Waals surface area contributed by atoms with E-state index in [1.54, 1.807) is 49.6 Å². The first-order valence-corrected chi connectivity index (χ1v) is 17.0. The Kier molecular flexibility index (Phi) is 10.7. The number of aromatic nitrogens is 4. The number of halogens is 7. The predicted octanol–water partition coefficient (Wildman–Crippen LogP) is 6.15. The van der Waals surface area contributed by atoms with Gasteiger partial charge in [0.1, 0.15) is 18.1 Å². The fraction of sp³-hybridized carbons (Fsp3) is 0.250. The quantitative estimate of drug-likeness (QED) is 0.171. The number of carbonyl (C=O) groups is 2. The highest BCUT2D eigenvalue weighted by atomic mass is 79.9. The normalized spacial score (nSPS) is 15.1. The van der Waals surface area contributed by atoms with Crippen LogP contribution in [0.25, 0.3) is 17.1 Å². The van der Waals surface area contributed by atoms with Gasteiger partial charge < -0.3 is 20.1 Å². The number of rotatable bonds is 9. The molecule has 2 aromatic heterocycles. The molecule has 3 heterocycles. The summed E-state index contributed by atoms with van der Waals surface area (Å²) in [6, 6.07) is 16.2. The SMILES string of the molecule is C[C@H]1Cn2c(c(C(=O)NCc3ccccc3-c3ncccn3)n(-c3ccc(OC[C@@H](O)C(F)(F)F)cc3)c2=O)CN1C(=O)c1ccc(Br)c(C(F)(F)F)c1. The molecule has 2 amide bonds. The number of imidazole rings is 1. The van der Waals surface area contributed by atoms with E-state index < -0.39 is 54.2 Å². The van der Waals surface area contributed by atoms with Gasteiger partial charge in [-0.25, -0.2) is 14.8 Å². The van der Waals surface area contributed by atoms with E-state index in [0.29, 0.717) is 17.0 Å². The van der Waals surface area contributed by atoms with E-state index in [4.69, 9.17) is 4.74 Å². The zero-order valence-electron chi connectivity index (χ0n) is 28.0. The number of nitrogens with one attached hydrogen (secondary N) is 1. The fourth-order valence-corrected chi connectivity index (χ4v) is 6.43. The summed E-state index contributed by atoms with van der Waals surface area (Å²) >= 11 is 2.88. The van der Waals surface area contributed by atoms with Crippen LogP contribution in [0.5, 0.6) is 5.75 Å². The lowest BCUT2D eigenvalue weighted by Crippen LogP contribution is -2.47. The summed E-state index contributed by atoms with van der Waals surface area (Å²) in [5.41, 5.74) is -0.732. The van der Waals surface area contributed by atoms with Gasteiger partial charge in [0.05, 0.1) is 23.5 Å². The van der Waals surface area contributed by atoms with Crippen LogP contribution in [0.4, 0.5) is 26.3 Å². The summed E-state index contributed by atoms with van der Waals surface area (Å²) in [5.74, 6) is -1.18. The highest BCUT2D eigenvalue weighted by molar-refractivity contribution is 9.10. The second-order valence-electron chi connectivity index (χ2n) is 12.3. The smallest absolute Gasteiger partial charge is 0.417 e. The third-order valence-corrected chi connectivity index (χ3v) is 9.37. The monoisotopic (exact) mass is 818 g/mol. The van der Waals surface area contributed by atoms with Crippen molar-refractivity contribution >= 4 is 27.7 Å². The van der Waals surface area contributed by atoms with E-state index in [9.17, 15) is 45.8 Å². The number of hydrogen-bond donors (Lipinski definition) is 2. The minimum atomic E-state index is -4.90. The zero-order valence-corrected chi connectivity index (χ0v) is 29.6. The van der Waals surface area contributed by atoms with Gasteiger partial charge >= 0.3 is 18.0 Å². The van der Waals surface area contributed by atoms with Crippen molar-refractivity contribution < 1.29 is 45.8 Å². The maximum absolute atomic E-state index is 14.2. The molecule has 54 heavy (non-hydrogen) atoms. The van der Waals surface area contributed by atoms with Crippen molar-refractivity contribution in [3.63, 3.8) is 0 Å².